The molecule has 104 valence electrons. The van der Waals surface area contributed by atoms with E-state index in [1.807, 2.05) is 55.6 Å². The maximum atomic E-state index is 4.76. The third kappa shape index (κ3) is 2.90. The summed E-state index contributed by atoms with van der Waals surface area (Å²) in [7, 11) is 1.88. The van der Waals surface area contributed by atoms with Crippen molar-refractivity contribution in [2.24, 2.45) is 0 Å². The van der Waals surface area contributed by atoms with Gasteiger partial charge < -0.3 is 5.32 Å². The second-order valence-electron chi connectivity index (χ2n) is 4.54. The van der Waals surface area contributed by atoms with Gasteiger partial charge in [0.2, 0.25) is 0 Å². The second kappa shape index (κ2) is 6.22. The van der Waals surface area contributed by atoms with Gasteiger partial charge in [0, 0.05) is 18.2 Å². The van der Waals surface area contributed by atoms with Gasteiger partial charge in [0.15, 0.2) is 5.82 Å². The summed E-state index contributed by atoms with van der Waals surface area (Å²) in [6, 6.07) is 20.2. The highest BCUT2D eigenvalue weighted by Crippen LogP contribution is 2.30. The molecule has 1 aromatic heterocycles. The first-order valence-corrected chi connectivity index (χ1v) is 7.73. The summed E-state index contributed by atoms with van der Waals surface area (Å²) in [5, 5.41) is 3.16. The molecule has 3 rings (SSSR count). The number of halogens is 1. The van der Waals surface area contributed by atoms with E-state index in [2.05, 4.69) is 45.0 Å². The molecule has 1 N–H and O–H groups in total. The Balaban J connectivity index is 2.21. The van der Waals surface area contributed by atoms with E-state index >= 15 is 0 Å². The minimum atomic E-state index is 0.735. The molecule has 3 nitrogen and oxygen atoms in total. The van der Waals surface area contributed by atoms with Crippen molar-refractivity contribution in [3.63, 3.8) is 0 Å². The number of rotatable bonds is 3. The zero-order valence-electron chi connectivity index (χ0n) is 11.5. The number of hydrogen-bond acceptors (Lipinski definition) is 3. The van der Waals surface area contributed by atoms with E-state index in [4.69, 9.17) is 4.98 Å². The van der Waals surface area contributed by atoms with Crippen LogP contribution in [0, 0.1) is 3.57 Å². The van der Waals surface area contributed by atoms with Crippen LogP contribution in [0.1, 0.15) is 0 Å². The molecule has 1 heterocycles. The molecule has 3 aromatic rings. The van der Waals surface area contributed by atoms with E-state index in [1.54, 1.807) is 0 Å². The van der Waals surface area contributed by atoms with Crippen LogP contribution in [0.15, 0.2) is 60.7 Å². The molecule has 2 aromatic carbocycles. The minimum absolute atomic E-state index is 0.735. The molecular formula is C17H14IN3. The maximum absolute atomic E-state index is 4.76. The van der Waals surface area contributed by atoms with Crippen molar-refractivity contribution in [1.82, 2.24) is 9.97 Å². The summed E-state index contributed by atoms with van der Waals surface area (Å²) in [5.74, 6) is 1.59. The van der Waals surface area contributed by atoms with Gasteiger partial charge in [0.25, 0.3) is 0 Å². The van der Waals surface area contributed by atoms with Crippen molar-refractivity contribution in [3.05, 3.63) is 64.2 Å². The van der Waals surface area contributed by atoms with Crippen LogP contribution >= 0.6 is 22.6 Å². The van der Waals surface area contributed by atoms with Crippen molar-refractivity contribution in [2.75, 3.05) is 12.4 Å². The highest BCUT2D eigenvalue weighted by atomic mass is 127. The first kappa shape index (κ1) is 14.0. The Morgan fingerprint density at radius 3 is 1.95 bits per heavy atom. The van der Waals surface area contributed by atoms with Crippen molar-refractivity contribution in [3.8, 4) is 22.6 Å². The number of aromatic nitrogens is 2. The van der Waals surface area contributed by atoms with Crippen LogP contribution in [-0.4, -0.2) is 17.0 Å². The quantitative estimate of drug-likeness (QED) is 0.675. The zero-order valence-corrected chi connectivity index (χ0v) is 13.7. The number of anilines is 1. The van der Waals surface area contributed by atoms with Gasteiger partial charge in [0.05, 0.1) is 9.26 Å². The number of hydrogen-bond donors (Lipinski definition) is 1. The molecular weight excluding hydrogens is 373 g/mol. The number of nitrogens with zero attached hydrogens (tertiary/aromatic N) is 2. The van der Waals surface area contributed by atoms with E-state index in [0.29, 0.717) is 0 Å². The van der Waals surface area contributed by atoms with Crippen molar-refractivity contribution >= 4 is 28.4 Å². The smallest absolute Gasteiger partial charge is 0.162 e. The van der Waals surface area contributed by atoms with Gasteiger partial charge >= 0.3 is 0 Å². The predicted octanol–water partition coefficient (Wildman–Crippen LogP) is 4.46. The van der Waals surface area contributed by atoms with Gasteiger partial charge in [-0.05, 0) is 22.6 Å². The molecule has 0 unspecified atom stereocenters. The summed E-state index contributed by atoms with van der Waals surface area (Å²) >= 11 is 2.29. The highest BCUT2D eigenvalue weighted by molar-refractivity contribution is 14.1. The second-order valence-corrected chi connectivity index (χ2v) is 5.62. The zero-order chi connectivity index (χ0) is 14.7. The SMILES string of the molecule is CNc1nc(-c2ccccc2)nc(-c2ccccc2)c1I. The lowest BCUT2D eigenvalue weighted by Crippen LogP contribution is -2.03. The van der Waals surface area contributed by atoms with Crippen molar-refractivity contribution in [2.45, 2.75) is 0 Å². The molecule has 0 saturated heterocycles. The van der Waals surface area contributed by atoms with Crippen molar-refractivity contribution in [1.29, 1.82) is 0 Å². The third-order valence-electron chi connectivity index (χ3n) is 3.17. The molecule has 0 radical (unpaired) electrons. The van der Waals surface area contributed by atoms with Crippen LogP contribution in [0.4, 0.5) is 5.82 Å². The lowest BCUT2D eigenvalue weighted by Gasteiger charge is -2.11. The molecule has 0 bridgehead atoms. The average Bonchev–Trinajstić information content (AvgIpc) is 2.56. The van der Waals surface area contributed by atoms with E-state index in [1.165, 1.54) is 0 Å². The van der Waals surface area contributed by atoms with Crippen LogP contribution in [0.25, 0.3) is 22.6 Å². The average molecular weight is 387 g/mol. The Morgan fingerprint density at radius 2 is 1.38 bits per heavy atom. The summed E-state index contributed by atoms with van der Waals surface area (Å²) in [5.41, 5.74) is 3.06. The first-order valence-electron chi connectivity index (χ1n) is 6.65. The van der Waals surface area contributed by atoms with E-state index in [0.717, 1.165) is 32.0 Å². The van der Waals surface area contributed by atoms with E-state index in [-0.39, 0.29) is 0 Å². The molecule has 0 aliphatic carbocycles. The van der Waals surface area contributed by atoms with Gasteiger partial charge in [-0.15, -0.1) is 0 Å². The van der Waals surface area contributed by atoms with Gasteiger partial charge in [0.1, 0.15) is 5.82 Å². The van der Waals surface area contributed by atoms with Crippen LogP contribution in [-0.2, 0) is 0 Å². The van der Waals surface area contributed by atoms with E-state index in [9.17, 15) is 0 Å². The summed E-state index contributed by atoms with van der Waals surface area (Å²) in [4.78, 5) is 9.38. The third-order valence-corrected chi connectivity index (χ3v) is 4.19. The lowest BCUT2D eigenvalue weighted by molar-refractivity contribution is 1.15. The van der Waals surface area contributed by atoms with E-state index < -0.39 is 0 Å². The normalized spacial score (nSPS) is 10.4. The molecule has 0 saturated carbocycles. The fourth-order valence-corrected chi connectivity index (χ4v) is 2.94. The Hall–Kier alpha value is -1.95. The molecule has 0 atom stereocenters. The molecule has 0 aliphatic rings. The highest BCUT2D eigenvalue weighted by Gasteiger charge is 2.13. The van der Waals surface area contributed by atoms with Gasteiger partial charge in [-0.3, -0.25) is 0 Å². The molecule has 0 fully saturated rings. The first-order chi connectivity index (χ1) is 10.3. The Labute approximate surface area is 137 Å². The molecule has 0 spiro atoms. The van der Waals surface area contributed by atoms with Gasteiger partial charge in [-0.25, -0.2) is 9.97 Å². The fourth-order valence-electron chi connectivity index (χ4n) is 2.12. The van der Waals surface area contributed by atoms with Gasteiger partial charge in [-0.1, -0.05) is 60.7 Å². The fraction of sp³-hybridized carbons (Fsp3) is 0.0588. The molecule has 4 heteroatoms. The molecule has 0 aliphatic heterocycles. The summed E-state index contributed by atoms with van der Waals surface area (Å²) in [6.07, 6.45) is 0. The molecule has 21 heavy (non-hydrogen) atoms. The monoisotopic (exact) mass is 387 g/mol. The Kier molecular flexibility index (Phi) is 4.15. The standard InChI is InChI=1S/C17H14IN3/c1-19-17-14(18)15(12-8-4-2-5-9-12)20-16(21-17)13-10-6-3-7-11-13/h2-11H,1H3,(H,19,20,21). The summed E-state index contributed by atoms with van der Waals surface area (Å²) < 4.78 is 1.03. The Bertz CT molecular complexity index is 743. The molecule has 0 amide bonds. The summed E-state index contributed by atoms with van der Waals surface area (Å²) in [6.45, 7) is 0. The lowest BCUT2D eigenvalue weighted by atomic mass is 10.1. The number of benzene rings is 2. The number of nitrogens with one attached hydrogen (secondary N) is 1. The van der Waals surface area contributed by atoms with Crippen molar-refractivity contribution < 1.29 is 0 Å². The topological polar surface area (TPSA) is 37.8 Å². The van der Waals surface area contributed by atoms with Gasteiger partial charge in [-0.2, -0.15) is 0 Å². The largest absolute Gasteiger partial charge is 0.372 e. The van der Waals surface area contributed by atoms with Crippen LogP contribution in [0.3, 0.4) is 0 Å². The van der Waals surface area contributed by atoms with Crippen LogP contribution < -0.4 is 5.32 Å². The van der Waals surface area contributed by atoms with Crippen LogP contribution in [0.2, 0.25) is 0 Å². The minimum Gasteiger partial charge on any atom is -0.372 e. The van der Waals surface area contributed by atoms with Crippen LogP contribution in [0.5, 0.6) is 0 Å². The predicted molar refractivity (Wildman–Crippen MR) is 95.2 cm³/mol. The maximum Gasteiger partial charge on any atom is 0.162 e. The Morgan fingerprint density at radius 1 is 0.810 bits per heavy atom.